The Morgan fingerprint density at radius 1 is 1.38 bits per heavy atom. The summed E-state index contributed by atoms with van der Waals surface area (Å²) in [6.07, 6.45) is 2.68. The second-order valence-corrected chi connectivity index (χ2v) is 7.31. The highest BCUT2D eigenvalue weighted by Gasteiger charge is 2.42. The van der Waals surface area contributed by atoms with E-state index in [1.54, 1.807) is 0 Å². The predicted octanol–water partition coefficient (Wildman–Crippen LogP) is 1.46. The minimum absolute atomic E-state index is 0.179. The van der Waals surface area contributed by atoms with Crippen molar-refractivity contribution in [3.8, 4) is 6.01 Å². The third-order valence-electron chi connectivity index (χ3n) is 5.80. The van der Waals surface area contributed by atoms with Crippen LogP contribution >= 0.6 is 0 Å². The lowest BCUT2D eigenvalue weighted by atomic mass is 9.75. The van der Waals surface area contributed by atoms with Crippen LogP contribution in [0.3, 0.4) is 0 Å². The lowest BCUT2D eigenvalue weighted by Gasteiger charge is -2.52. The summed E-state index contributed by atoms with van der Waals surface area (Å²) in [4.78, 5) is 4.37. The summed E-state index contributed by atoms with van der Waals surface area (Å²) in [6, 6.07) is 6.37. The fourth-order valence-corrected chi connectivity index (χ4v) is 4.48. The fourth-order valence-electron chi connectivity index (χ4n) is 4.48. The summed E-state index contributed by atoms with van der Waals surface area (Å²) in [6.45, 7) is 6.87. The molecule has 4 nitrogen and oxygen atoms in total. The van der Waals surface area contributed by atoms with Gasteiger partial charge in [-0.05, 0) is 37.3 Å². The first-order valence-electron chi connectivity index (χ1n) is 8.04. The topological polar surface area (TPSA) is 38.0 Å². The zero-order chi connectivity index (χ0) is 14.6. The summed E-state index contributed by atoms with van der Waals surface area (Å²) in [5.41, 5.74) is 3.15. The molecule has 0 aliphatic carbocycles. The molecule has 1 aromatic carbocycles. The van der Waals surface area contributed by atoms with Crippen LogP contribution in [-0.4, -0.2) is 46.7 Å². The highest BCUT2D eigenvalue weighted by molar-refractivity contribution is 5.97. The second-order valence-electron chi connectivity index (χ2n) is 7.31. The molecule has 110 valence electrons. The average molecular weight is 284 g/mol. The van der Waals surface area contributed by atoms with Crippen LogP contribution in [0.25, 0.3) is 11.0 Å². The Bertz CT molecular complexity index is 688. The van der Waals surface area contributed by atoms with Crippen LogP contribution < -0.4 is 0 Å². The minimum Gasteiger partial charge on any atom is -0.480 e. The first-order chi connectivity index (χ1) is 10.1. The lowest BCUT2D eigenvalue weighted by molar-refractivity contribution is -0.841. The van der Waals surface area contributed by atoms with Gasteiger partial charge in [0.05, 0.1) is 30.7 Å². The highest BCUT2D eigenvalue weighted by Crippen LogP contribution is 2.38. The smallest absolute Gasteiger partial charge is 0.372 e. The summed E-state index contributed by atoms with van der Waals surface area (Å²) in [7, 11) is 2.39. The van der Waals surface area contributed by atoms with E-state index in [0.29, 0.717) is 5.92 Å². The van der Waals surface area contributed by atoms with Crippen LogP contribution in [0.15, 0.2) is 18.2 Å². The number of hydrogen-bond acceptors (Lipinski definition) is 2. The Hall–Kier alpha value is -1.49. The molecule has 1 aromatic heterocycles. The van der Waals surface area contributed by atoms with E-state index in [4.69, 9.17) is 0 Å². The fraction of sp³-hybridized carbons (Fsp3) is 0.562. The van der Waals surface area contributed by atoms with Gasteiger partial charge >= 0.3 is 7.98 Å². The van der Waals surface area contributed by atoms with E-state index in [2.05, 4.69) is 38.1 Å². The average Bonchev–Trinajstić information content (AvgIpc) is 2.78. The predicted molar refractivity (Wildman–Crippen MR) is 85.8 cm³/mol. The zero-order valence-corrected chi connectivity index (χ0v) is 12.9. The highest BCUT2D eigenvalue weighted by atomic mass is 16.3. The lowest BCUT2D eigenvalue weighted by Crippen LogP contribution is -2.60. The number of hydrogen-bond donors (Lipinski definition) is 1. The van der Waals surface area contributed by atoms with Gasteiger partial charge in [-0.3, -0.25) is 4.57 Å². The SMILES string of the molecule is B[N+]12CCC(CC1)C(Cn1c(O)nc3c(C)cccc31)C2. The van der Waals surface area contributed by atoms with Gasteiger partial charge < -0.3 is 9.50 Å². The molecule has 3 fully saturated rings. The van der Waals surface area contributed by atoms with Crippen molar-refractivity contribution in [3.05, 3.63) is 23.8 Å². The molecule has 5 rings (SSSR count). The summed E-state index contributed by atoms with van der Waals surface area (Å²) in [5.74, 6) is 1.49. The maximum atomic E-state index is 10.3. The largest absolute Gasteiger partial charge is 0.480 e. The molecule has 5 heteroatoms. The van der Waals surface area contributed by atoms with E-state index in [1.165, 1.54) is 36.9 Å². The Kier molecular flexibility index (Phi) is 2.83. The van der Waals surface area contributed by atoms with Crippen molar-refractivity contribution >= 4 is 19.0 Å². The van der Waals surface area contributed by atoms with Crippen LogP contribution in [0.1, 0.15) is 18.4 Å². The molecule has 4 heterocycles. The number of aryl methyl sites for hydroxylation is 1. The van der Waals surface area contributed by atoms with Gasteiger partial charge in [0.15, 0.2) is 0 Å². The van der Waals surface area contributed by atoms with E-state index < -0.39 is 0 Å². The van der Waals surface area contributed by atoms with E-state index in [9.17, 15) is 5.11 Å². The number of fused-ring (bicyclic) bond motifs is 4. The van der Waals surface area contributed by atoms with Gasteiger partial charge in [-0.1, -0.05) is 12.1 Å². The van der Waals surface area contributed by atoms with E-state index in [1.807, 2.05) is 4.57 Å². The van der Waals surface area contributed by atoms with Gasteiger partial charge in [0.25, 0.3) is 6.01 Å². The molecule has 2 aromatic rings. The first-order valence-corrected chi connectivity index (χ1v) is 8.04. The second kappa shape index (κ2) is 4.50. The van der Waals surface area contributed by atoms with E-state index >= 15 is 0 Å². The number of benzene rings is 1. The van der Waals surface area contributed by atoms with Crippen molar-refractivity contribution in [3.63, 3.8) is 0 Å². The first kappa shape index (κ1) is 13.2. The van der Waals surface area contributed by atoms with Crippen molar-refractivity contribution in [1.82, 2.24) is 9.55 Å². The van der Waals surface area contributed by atoms with Crippen molar-refractivity contribution in [1.29, 1.82) is 0 Å². The summed E-state index contributed by atoms with van der Waals surface area (Å²) < 4.78 is 3.24. The summed E-state index contributed by atoms with van der Waals surface area (Å²) >= 11 is 0. The third kappa shape index (κ3) is 2.06. The number of rotatable bonds is 2. The van der Waals surface area contributed by atoms with Crippen LogP contribution in [0.4, 0.5) is 0 Å². The standard InChI is InChI=1S/C16H22BN3O/c1-11-3-2-4-14-15(11)18-16(21)19(14)9-13-10-20(17)7-5-12(13)6-8-20/h2-4,12-13H,5-10,17H2,1H3/p+1. The molecule has 21 heavy (non-hydrogen) atoms. The van der Waals surface area contributed by atoms with Crippen LogP contribution in [-0.2, 0) is 6.54 Å². The van der Waals surface area contributed by atoms with Crippen LogP contribution in [0.5, 0.6) is 6.01 Å². The zero-order valence-electron chi connectivity index (χ0n) is 12.9. The Morgan fingerprint density at radius 2 is 2.14 bits per heavy atom. The quantitative estimate of drug-likeness (QED) is 0.848. The van der Waals surface area contributed by atoms with Crippen LogP contribution in [0, 0.1) is 18.8 Å². The van der Waals surface area contributed by atoms with Crippen molar-refractivity contribution < 1.29 is 9.50 Å². The van der Waals surface area contributed by atoms with E-state index in [0.717, 1.165) is 29.1 Å². The number of para-hydroxylation sites is 1. The molecule has 3 saturated heterocycles. The van der Waals surface area contributed by atoms with Gasteiger partial charge in [-0.25, -0.2) is 0 Å². The Morgan fingerprint density at radius 3 is 2.86 bits per heavy atom. The number of nitrogens with zero attached hydrogens (tertiary/aromatic N) is 3. The number of imidazole rings is 1. The normalized spacial score (nSPS) is 31.9. The maximum absolute atomic E-state index is 10.3. The van der Waals surface area contributed by atoms with Crippen molar-refractivity contribution in [2.45, 2.75) is 26.3 Å². The maximum Gasteiger partial charge on any atom is 0.372 e. The van der Waals surface area contributed by atoms with Crippen molar-refractivity contribution in [2.24, 2.45) is 11.8 Å². The van der Waals surface area contributed by atoms with Gasteiger partial charge in [0.2, 0.25) is 0 Å². The van der Waals surface area contributed by atoms with Crippen LogP contribution in [0.2, 0.25) is 0 Å². The molecule has 1 N–H and O–H groups in total. The molecule has 0 radical (unpaired) electrons. The monoisotopic (exact) mass is 284 g/mol. The van der Waals surface area contributed by atoms with Gasteiger partial charge in [0.1, 0.15) is 0 Å². The summed E-state index contributed by atoms with van der Waals surface area (Å²) in [5, 5.41) is 10.3. The third-order valence-corrected chi connectivity index (χ3v) is 5.80. The number of piperidine rings is 3. The molecule has 2 bridgehead atoms. The Balaban J connectivity index is 1.69. The molecule has 1 unspecified atom stereocenters. The Labute approximate surface area is 126 Å². The van der Waals surface area contributed by atoms with Gasteiger partial charge in [-0.15, -0.1) is 0 Å². The van der Waals surface area contributed by atoms with Gasteiger partial charge in [0, 0.05) is 12.5 Å². The molecule has 0 spiro atoms. The molecule has 0 amide bonds. The number of aromatic hydroxyl groups is 1. The molecule has 1 atom stereocenters. The number of aromatic nitrogens is 2. The molecule has 0 saturated carbocycles. The molecular formula is C16H23BN3O+. The minimum atomic E-state index is 0.179. The molecule has 3 aliphatic rings. The van der Waals surface area contributed by atoms with E-state index in [-0.39, 0.29) is 6.01 Å². The number of quaternary nitrogens is 1. The van der Waals surface area contributed by atoms with Gasteiger partial charge in [-0.2, -0.15) is 4.98 Å². The molecule has 3 aliphatic heterocycles. The molecular weight excluding hydrogens is 261 g/mol. The van der Waals surface area contributed by atoms with Crippen molar-refractivity contribution in [2.75, 3.05) is 19.6 Å².